The van der Waals surface area contributed by atoms with Gasteiger partial charge in [-0.05, 0) is 28.0 Å². The quantitative estimate of drug-likeness (QED) is 0.742. The molecule has 0 saturated carbocycles. The standard InChI is InChI=1S/C10H15IN2/c1-7(10(2,3)4)8-5-13-9(11)6-12-8/h5-7H,1-4H3. The van der Waals surface area contributed by atoms with E-state index in [9.17, 15) is 0 Å². The lowest BCUT2D eigenvalue weighted by Crippen LogP contribution is -2.16. The van der Waals surface area contributed by atoms with Crippen molar-refractivity contribution in [3.8, 4) is 0 Å². The van der Waals surface area contributed by atoms with Gasteiger partial charge in [0.1, 0.15) is 3.70 Å². The number of hydrogen-bond acceptors (Lipinski definition) is 2. The Morgan fingerprint density at radius 1 is 1.23 bits per heavy atom. The van der Waals surface area contributed by atoms with Crippen LogP contribution in [0, 0.1) is 9.12 Å². The number of hydrogen-bond donors (Lipinski definition) is 0. The molecule has 0 aliphatic heterocycles. The molecule has 0 aliphatic carbocycles. The average Bonchev–Trinajstić information content (AvgIpc) is 2.03. The van der Waals surface area contributed by atoms with Crippen molar-refractivity contribution in [3.05, 3.63) is 21.8 Å². The van der Waals surface area contributed by atoms with Crippen molar-refractivity contribution in [2.45, 2.75) is 33.6 Å². The van der Waals surface area contributed by atoms with E-state index in [0.717, 1.165) is 9.39 Å². The van der Waals surface area contributed by atoms with E-state index in [1.807, 2.05) is 12.4 Å². The summed E-state index contributed by atoms with van der Waals surface area (Å²) in [5.41, 5.74) is 1.33. The number of halogens is 1. The average molecular weight is 290 g/mol. The predicted octanol–water partition coefficient (Wildman–Crippen LogP) is 3.23. The van der Waals surface area contributed by atoms with Gasteiger partial charge in [-0.2, -0.15) is 0 Å². The molecule has 1 aromatic heterocycles. The van der Waals surface area contributed by atoms with Crippen molar-refractivity contribution in [1.82, 2.24) is 9.97 Å². The summed E-state index contributed by atoms with van der Waals surface area (Å²) in [6.07, 6.45) is 3.69. The molecule has 13 heavy (non-hydrogen) atoms. The summed E-state index contributed by atoms with van der Waals surface area (Å²) >= 11 is 2.17. The Balaban J connectivity index is 2.90. The summed E-state index contributed by atoms with van der Waals surface area (Å²) in [6, 6.07) is 0. The maximum atomic E-state index is 4.37. The smallest absolute Gasteiger partial charge is 0.119 e. The minimum atomic E-state index is 0.251. The zero-order chi connectivity index (χ0) is 10.1. The molecule has 0 amide bonds. The Kier molecular flexibility index (Phi) is 3.27. The molecule has 1 rings (SSSR count). The molecule has 1 heterocycles. The first kappa shape index (κ1) is 10.9. The van der Waals surface area contributed by atoms with Crippen molar-refractivity contribution in [2.75, 3.05) is 0 Å². The van der Waals surface area contributed by atoms with Gasteiger partial charge >= 0.3 is 0 Å². The van der Waals surface area contributed by atoms with Crippen molar-refractivity contribution in [2.24, 2.45) is 5.41 Å². The fraction of sp³-hybridized carbons (Fsp3) is 0.600. The lowest BCUT2D eigenvalue weighted by Gasteiger charge is -2.26. The van der Waals surface area contributed by atoms with Crippen LogP contribution in [0.15, 0.2) is 12.4 Å². The van der Waals surface area contributed by atoms with Crippen LogP contribution in [0.4, 0.5) is 0 Å². The minimum Gasteiger partial charge on any atom is -0.257 e. The molecule has 0 bridgehead atoms. The van der Waals surface area contributed by atoms with Crippen molar-refractivity contribution < 1.29 is 0 Å². The summed E-state index contributed by atoms with van der Waals surface area (Å²) in [4.78, 5) is 8.61. The van der Waals surface area contributed by atoms with Gasteiger partial charge in [-0.25, -0.2) is 4.98 Å². The minimum absolute atomic E-state index is 0.251. The van der Waals surface area contributed by atoms with Crippen LogP contribution >= 0.6 is 22.6 Å². The van der Waals surface area contributed by atoms with Gasteiger partial charge in [0.25, 0.3) is 0 Å². The molecule has 3 heteroatoms. The molecular formula is C10H15IN2. The number of rotatable bonds is 1. The highest BCUT2D eigenvalue weighted by Gasteiger charge is 2.22. The molecule has 72 valence electrons. The molecule has 1 atom stereocenters. The molecule has 0 spiro atoms. The Bertz CT molecular complexity index is 274. The number of nitrogens with zero attached hydrogens (tertiary/aromatic N) is 2. The van der Waals surface area contributed by atoms with E-state index in [2.05, 4.69) is 60.3 Å². The van der Waals surface area contributed by atoms with E-state index < -0.39 is 0 Å². The Morgan fingerprint density at radius 2 is 1.85 bits per heavy atom. The van der Waals surface area contributed by atoms with E-state index in [0.29, 0.717) is 5.92 Å². The molecule has 0 aliphatic rings. The molecule has 0 radical (unpaired) electrons. The molecule has 1 aromatic rings. The SMILES string of the molecule is CC(c1cnc(I)cn1)C(C)(C)C. The summed E-state index contributed by atoms with van der Waals surface area (Å²) in [5, 5.41) is 0. The molecule has 2 nitrogen and oxygen atoms in total. The summed E-state index contributed by atoms with van der Waals surface area (Å²) in [7, 11) is 0. The second kappa shape index (κ2) is 3.90. The third-order valence-corrected chi connectivity index (χ3v) is 2.94. The normalized spacial score (nSPS) is 14.2. The van der Waals surface area contributed by atoms with Crippen molar-refractivity contribution in [3.63, 3.8) is 0 Å². The zero-order valence-corrected chi connectivity index (χ0v) is 10.7. The highest BCUT2D eigenvalue weighted by molar-refractivity contribution is 14.1. The Morgan fingerprint density at radius 3 is 2.23 bits per heavy atom. The van der Waals surface area contributed by atoms with Crippen LogP contribution in [0.3, 0.4) is 0 Å². The Hall–Kier alpha value is -0.190. The second-order valence-electron chi connectivity index (χ2n) is 4.35. The van der Waals surface area contributed by atoms with E-state index in [1.54, 1.807) is 0 Å². The van der Waals surface area contributed by atoms with Crippen LogP contribution in [0.2, 0.25) is 0 Å². The lowest BCUT2D eigenvalue weighted by atomic mass is 9.80. The second-order valence-corrected chi connectivity index (χ2v) is 5.46. The highest BCUT2D eigenvalue weighted by Crippen LogP contribution is 2.32. The van der Waals surface area contributed by atoms with E-state index in [1.165, 1.54) is 0 Å². The van der Waals surface area contributed by atoms with Gasteiger partial charge in [0, 0.05) is 12.1 Å². The fourth-order valence-corrected chi connectivity index (χ4v) is 1.27. The summed E-state index contributed by atoms with van der Waals surface area (Å²) in [6.45, 7) is 8.85. The van der Waals surface area contributed by atoms with E-state index in [-0.39, 0.29) is 5.41 Å². The van der Waals surface area contributed by atoms with Crippen LogP contribution < -0.4 is 0 Å². The van der Waals surface area contributed by atoms with Crippen LogP contribution in [-0.4, -0.2) is 9.97 Å². The highest BCUT2D eigenvalue weighted by atomic mass is 127. The van der Waals surface area contributed by atoms with Gasteiger partial charge in [-0.1, -0.05) is 27.7 Å². The van der Waals surface area contributed by atoms with Crippen LogP contribution in [-0.2, 0) is 0 Å². The van der Waals surface area contributed by atoms with E-state index >= 15 is 0 Å². The molecule has 0 fully saturated rings. The lowest BCUT2D eigenvalue weighted by molar-refractivity contribution is 0.333. The van der Waals surface area contributed by atoms with Crippen LogP contribution in [0.5, 0.6) is 0 Å². The molecule has 0 N–H and O–H groups in total. The first-order valence-corrected chi connectivity index (χ1v) is 5.46. The van der Waals surface area contributed by atoms with Crippen molar-refractivity contribution >= 4 is 22.6 Å². The van der Waals surface area contributed by atoms with Gasteiger partial charge in [0.2, 0.25) is 0 Å². The van der Waals surface area contributed by atoms with Gasteiger partial charge in [-0.3, -0.25) is 4.98 Å². The van der Waals surface area contributed by atoms with E-state index in [4.69, 9.17) is 0 Å². The molecule has 1 unspecified atom stereocenters. The maximum absolute atomic E-state index is 4.37. The Labute approximate surface area is 93.3 Å². The van der Waals surface area contributed by atoms with Gasteiger partial charge in [0.05, 0.1) is 11.9 Å². The van der Waals surface area contributed by atoms with Crippen molar-refractivity contribution in [1.29, 1.82) is 0 Å². The molecule has 0 saturated heterocycles. The first-order chi connectivity index (χ1) is 5.91. The third kappa shape index (κ3) is 2.90. The molecule has 0 aromatic carbocycles. The third-order valence-electron chi connectivity index (χ3n) is 2.38. The topological polar surface area (TPSA) is 25.8 Å². The maximum Gasteiger partial charge on any atom is 0.119 e. The van der Waals surface area contributed by atoms with Crippen LogP contribution in [0.25, 0.3) is 0 Å². The first-order valence-electron chi connectivity index (χ1n) is 4.38. The van der Waals surface area contributed by atoms with Gasteiger partial charge in [-0.15, -0.1) is 0 Å². The van der Waals surface area contributed by atoms with Gasteiger partial charge in [0.15, 0.2) is 0 Å². The number of aromatic nitrogens is 2. The summed E-state index contributed by atoms with van der Waals surface area (Å²) < 4.78 is 0.947. The van der Waals surface area contributed by atoms with Crippen LogP contribution in [0.1, 0.15) is 39.3 Å². The van der Waals surface area contributed by atoms with Gasteiger partial charge < -0.3 is 0 Å². The fourth-order valence-electron chi connectivity index (χ4n) is 0.990. The monoisotopic (exact) mass is 290 g/mol. The largest absolute Gasteiger partial charge is 0.257 e. The molecular weight excluding hydrogens is 275 g/mol. The zero-order valence-electron chi connectivity index (χ0n) is 8.50. The predicted molar refractivity (Wildman–Crippen MR) is 62.6 cm³/mol. The summed E-state index contributed by atoms with van der Waals surface area (Å²) in [5.74, 6) is 0.442.